The van der Waals surface area contributed by atoms with Crippen LogP contribution in [0.25, 0.3) is 0 Å². The van der Waals surface area contributed by atoms with Crippen LogP contribution in [0, 0.1) is 5.92 Å². The Labute approximate surface area is 221 Å². The third kappa shape index (κ3) is 6.19. The molecule has 1 aliphatic carbocycles. The molecule has 4 nitrogen and oxygen atoms in total. The molecule has 0 aromatic heterocycles. The van der Waals surface area contributed by atoms with Crippen LogP contribution in [0.1, 0.15) is 81.8 Å². The van der Waals surface area contributed by atoms with Gasteiger partial charge in [0.1, 0.15) is 0 Å². The van der Waals surface area contributed by atoms with E-state index >= 15 is 0 Å². The number of benzene rings is 3. The third-order valence-electron chi connectivity index (χ3n) is 8.36. The van der Waals surface area contributed by atoms with Crippen LogP contribution in [0.15, 0.2) is 78.9 Å². The number of rotatable bonds is 8. The van der Waals surface area contributed by atoms with Crippen molar-refractivity contribution < 1.29 is 9.59 Å². The number of carbonyl (C=O) groups excluding carboxylic acids is 2. The highest BCUT2D eigenvalue weighted by Gasteiger charge is 2.29. The van der Waals surface area contributed by atoms with E-state index in [0.29, 0.717) is 18.0 Å². The van der Waals surface area contributed by atoms with Gasteiger partial charge in [0.15, 0.2) is 5.78 Å². The molecular weight excluding hydrogens is 456 g/mol. The lowest BCUT2D eigenvalue weighted by molar-refractivity contribution is 0.0875. The van der Waals surface area contributed by atoms with Gasteiger partial charge in [0.2, 0.25) is 0 Å². The highest BCUT2D eigenvalue weighted by Crippen LogP contribution is 2.31. The fourth-order valence-corrected chi connectivity index (χ4v) is 5.94. The van der Waals surface area contributed by atoms with E-state index in [2.05, 4.69) is 59.6 Å². The molecule has 4 heteroatoms. The van der Waals surface area contributed by atoms with Gasteiger partial charge >= 0.3 is 0 Å². The zero-order valence-electron chi connectivity index (χ0n) is 21.9. The van der Waals surface area contributed by atoms with Gasteiger partial charge in [0, 0.05) is 23.6 Å². The molecule has 2 unspecified atom stereocenters. The fourth-order valence-electron chi connectivity index (χ4n) is 5.94. The minimum absolute atomic E-state index is 0.0703. The molecule has 192 valence electrons. The first-order chi connectivity index (χ1) is 18.1. The predicted octanol–water partition coefficient (Wildman–Crippen LogP) is 6.23. The number of Topliss-reactive ketones (excluding diaryl/α,β-unsaturated/α-hetero) is 1. The quantitative estimate of drug-likeness (QED) is 0.404. The molecule has 3 aromatic carbocycles. The van der Waals surface area contributed by atoms with Crippen LogP contribution in [0.2, 0.25) is 0 Å². The summed E-state index contributed by atoms with van der Waals surface area (Å²) in [5.74, 6) is 1.18. The Morgan fingerprint density at radius 1 is 0.946 bits per heavy atom. The first kappa shape index (κ1) is 25.4. The molecular formula is C33H38N2O2. The minimum Gasteiger partial charge on any atom is -0.351 e. The summed E-state index contributed by atoms with van der Waals surface area (Å²) < 4.78 is 0. The molecule has 0 saturated carbocycles. The summed E-state index contributed by atoms with van der Waals surface area (Å²) in [7, 11) is 0. The third-order valence-corrected chi connectivity index (χ3v) is 8.36. The van der Waals surface area contributed by atoms with Crippen molar-refractivity contribution in [3.05, 3.63) is 107 Å². The molecule has 1 amide bonds. The van der Waals surface area contributed by atoms with Crippen molar-refractivity contribution >= 4 is 11.7 Å². The molecule has 1 aliphatic heterocycles. The van der Waals surface area contributed by atoms with Crippen LogP contribution in [0.4, 0.5) is 0 Å². The maximum absolute atomic E-state index is 13.3. The van der Waals surface area contributed by atoms with Crippen molar-refractivity contribution in [3.8, 4) is 0 Å². The lowest BCUT2D eigenvalue weighted by Crippen LogP contribution is -2.36. The van der Waals surface area contributed by atoms with Crippen molar-refractivity contribution in [2.24, 2.45) is 5.92 Å². The maximum Gasteiger partial charge on any atom is 0.251 e. The first-order valence-electron chi connectivity index (χ1n) is 13.9. The second kappa shape index (κ2) is 11.9. The minimum atomic E-state index is -0.0703. The summed E-state index contributed by atoms with van der Waals surface area (Å²) in [4.78, 5) is 28.6. The first-order valence-corrected chi connectivity index (χ1v) is 13.9. The predicted molar refractivity (Wildman–Crippen MR) is 149 cm³/mol. The molecule has 2 atom stereocenters. The summed E-state index contributed by atoms with van der Waals surface area (Å²) in [6.07, 6.45) is 5.06. The highest BCUT2D eigenvalue weighted by molar-refractivity contribution is 6.02. The van der Waals surface area contributed by atoms with E-state index in [1.165, 1.54) is 24.0 Å². The molecule has 37 heavy (non-hydrogen) atoms. The Morgan fingerprint density at radius 2 is 1.65 bits per heavy atom. The molecule has 1 saturated heterocycles. The van der Waals surface area contributed by atoms with Gasteiger partial charge in [-0.3, -0.25) is 9.59 Å². The molecule has 5 rings (SSSR count). The van der Waals surface area contributed by atoms with Gasteiger partial charge in [0.05, 0.1) is 0 Å². The number of fused-ring (bicyclic) bond motifs is 1. The Hall–Kier alpha value is -3.24. The van der Waals surface area contributed by atoms with E-state index in [4.69, 9.17) is 0 Å². The lowest BCUT2D eigenvalue weighted by Gasteiger charge is -2.33. The van der Waals surface area contributed by atoms with Crippen LogP contribution in [-0.2, 0) is 6.42 Å². The van der Waals surface area contributed by atoms with E-state index in [1.54, 1.807) is 0 Å². The molecule has 2 aliphatic rings. The van der Waals surface area contributed by atoms with Gasteiger partial charge in [-0.15, -0.1) is 0 Å². The van der Waals surface area contributed by atoms with Crippen LogP contribution >= 0.6 is 0 Å². The zero-order valence-corrected chi connectivity index (χ0v) is 21.9. The molecule has 0 spiro atoms. The van der Waals surface area contributed by atoms with Gasteiger partial charge in [-0.1, -0.05) is 73.7 Å². The van der Waals surface area contributed by atoms with Crippen LogP contribution in [0.3, 0.4) is 0 Å². The van der Waals surface area contributed by atoms with Crippen molar-refractivity contribution in [2.75, 3.05) is 26.2 Å². The normalized spacial score (nSPS) is 19.3. The van der Waals surface area contributed by atoms with Gasteiger partial charge in [-0.05, 0) is 92.4 Å². The number of likely N-dealkylation sites (tertiary alicyclic amines) is 1. The topological polar surface area (TPSA) is 49.4 Å². The van der Waals surface area contributed by atoms with E-state index in [9.17, 15) is 9.59 Å². The standard InChI is InChI=1S/C33H38N2O2/c1-24(25-8-4-2-5-9-25)23-34-33(37)30-14-15-31-29(22-30)13-12-28(32(31)36)18-21-35-19-16-27(17-20-35)26-10-6-3-7-11-26/h2-11,14-15,22,24,27-28H,12-13,16-21,23H2,1H3,(H,34,37). The lowest BCUT2D eigenvalue weighted by atomic mass is 9.80. The van der Waals surface area contributed by atoms with E-state index < -0.39 is 0 Å². The van der Waals surface area contributed by atoms with Crippen molar-refractivity contribution in [3.63, 3.8) is 0 Å². The van der Waals surface area contributed by atoms with Crippen LogP contribution in [0.5, 0.6) is 0 Å². The summed E-state index contributed by atoms with van der Waals surface area (Å²) in [5, 5.41) is 3.06. The average Bonchev–Trinajstić information content (AvgIpc) is 2.96. The molecule has 0 radical (unpaired) electrons. The number of piperidine rings is 1. The monoisotopic (exact) mass is 494 g/mol. The Morgan fingerprint density at radius 3 is 2.38 bits per heavy atom. The number of aryl methyl sites for hydroxylation is 1. The van der Waals surface area contributed by atoms with Gasteiger partial charge in [-0.2, -0.15) is 0 Å². The van der Waals surface area contributed by atoms with E-state index in [1.807, 2.05) is 36.4 Å². The van der Waals surface area contributed by atoms with Gasteiger partial charge in [0.25, 0.3) is 5.91 Å². The summed E-state index contributed by atoms with van der Waals surface area (Å²) >= 11 is 0. The number of nitrogens with one attached hydrogen (secondary N) is 1. The van der Waals surface area contributed by atoms with Crippen LogP contribution < -0.4 is 5.32 Å². The Bertz CT molecular complexity index is 1200. The van der Waals surface area contributed by atoms with Crippen molar-refractivity contribution in [1.82, 2.24) is 10.2 Å². The molecule has 0 bridgehead atoms. The molecule has 1 heterocycles. The highest BCUT2D eigenvalue weighted by atomic mass is 16.1. The molecule has 1 N–H and O–H groups in total. The number of hydrogen-bond donors (Lipinski definition) is 1. The zero-order chi connectivity index (χ0) is 25.6. The second-order valence-electron chi connectivity index (χ2n) is 10.8. The number of nitrogens with zero attached hydrogens (tertiary/aromatic N) is 1. The summed E-state index contributed by atoms with van der Waals surface area (Å²) in [5.41, 5.74) is 5.15. The Balaban J connectivity index is 1.11. The SMILES string of the molecule is CC(CNC(=O)c1ccc2c(c1)CCC(CCN1CCC(c3ccccc3)CC1)C2=O)c1ccccc1. The van der Waals surface area contributed by atoms with Crippen molar-refractivity contribution in [1.29, 1.82) is 0 Å². The van der Waals surface area contributed by atoms with Gasteiger partial charge < -0.3 is 10.2 Å². The smallest absolute Gasteiger partial charge is 0.251 e. The number of amides is 1. The summed E-state index contributed by atoms with van der Waals surface area (Å²) in [6.45, 7) is 5.92. The maximum atomic E-state index is 13.3. The number of ketones is 1. The summed E-state index contributed by atoms with van der Waals surface area (Å²) in [6, 6.07) is 26.7. The van der Waals surface area contributed by atoms with E-state index in [0.717, 1.165) is 50.0 Å². The largest absolute Gasteiger partial charge is 0.351 e. The van der Waals surface area contributed by atoms with Crippen molar-refractivity contribution in [2.45, 2.75) is 50.9 Å². The molecule has 1 fully saturated rings. The van der Waals surface area contributed by atoms with Gasteiger partial charge in [-0.25, -0.2) is 0 Å². The van der Waals surface area contributed by atoms with Crippen LogP contribution in [-0.4, -0.2) is 42.8 Å². The molecule has 3 aromatic rings. The second-order valence-corrected chi connectivity index (χ2v) is 10.8. The number of carbonyl (C=O) groups is 2. The number of hydrogen-bond acceptors (Lipinski definition) is 3. The Kier molecular flexibility index (Phi) is 8.15. The van der Waals surface area contributed by atoms with E-state index in [-0.39, 0.29) is 23.5 Å². The fraction of sp³-hybridized carbons (Fsp3) is 0.394. The average molecular weight is 495 g/mol.